The number of oxazole rings is 1. The number of H-pyrrole nitrogens is 1. The fourth-order valence-corrected chi connectivity index (χ4v) is 2.17. The molecule has 0 atom stereocenters. The topological polar surface area (TPSA) is 83.8 Å². The van der Waals surface area contributed by atoms with Gasteiger partial charge in [-0.1, -0.05) is 24.3 Å². The Morgan fingerprint density at radius 2 is 1.71 bits per heavy atom. The third kappa shape index (κ3) is 2.02. The van der Waals surface area contributed by atoms with Crippen LogP contribution in [0.1, 0.15) is 0 Å². The van der Waals surface area contributed by atoms with Gasteiger partial charge in [0.1, 0.15) is 5.52 Å². The average Bonchev–Trinajstić information content (AvgIpc) is 2.89. The Kier molecular flexibility index (Phi) is 2.47. The number of fused-ring (bicyclic) bond motifs is 2. The first kappa shape index (κ1) is 11.7. The van der Waals surface area contributed by atoms with Gasteiger partial charge in [0.05, 0.1) is 10.9 Å². The maximum Gasteiger partial charge on any atom is 0.302 e. The van der Waals surface area contributed by atoms with Gasteiger partial charge >= 0.3 is 6.01 Å². The van der Waals surface area contributed by atoms with Crippen LogP contribution < -0.4 is 10.9 Å². The smallest absolute Gasteiger partial charge is 0.302 e. The third-order valence-corrected chi connectivity index (χ3v) is 3.13. The number of aromatic amines is 1. The summed E-state index contributed by atoms with van der Waals surface area (Å²) in [5.41, 5.74) is 1.81. The van der Waals surface area contributed by atoms with Gasteiger partial charge in [-0.05, 0) is 24.3 Å². The second-order valence-electron chi connectivity index (χ2n) is 4.54. The molecule has 0 amide bonds. The van der Waals surface area contributed by atoms with Gasteiger partial charge in [0.25, 0.3) is 5.56 Å². The molecule has 0 unspecified atom stereocenters. The van der Waals surface area contributed by atoms with Gasteiger partial charge in [-0.15, -0.1) is 0 Å². The highest BCUT2D eigenvalue weighted by Gasteiger charge is 2.08. The Labute approximate surface area is 118 Å². The van der Waals surface area contributed by atoms with Crippen molar-refractivity contribution in [2.24, 2.45) is 0 Å². The minimum absolute atomic E-state index is 0.209. The Bertz CT molecular complexity index is 970. The van der Waals surface area contributed by atoms with E-state index in [1.165, 1.54) is 0 Å². The van der Waals surface area contributed by atoms with E-state index in [1.54, 1.807) is 18.2 Å². The number of rotatable bonds is 2. The van der Waals surface area contributed by atoms with Crippen LogP contribution >= 0.6 is 0 Å². The molecule has 0 aliphatic carbocycles. The quantitative estimate of drug-likeness (QED) is 0.589. The van der Waals surface area contributed by atoms with Gasteiger partial charge in [0, 0.05) is 0 Å². The number of aromatic nitrogens is 3. The zero-order chi connectivity index (χ0) is 14.2. The van der Waals surface area contributed by atoms with Crippen molar-refractivity contribution in [3.05, 3.63) is 58.9 Å². The molecule has 2 N–H and O–H groups in total. The first-order valence-electron chi connectivity index (χ1n) is 6.41. The molecule has 2 heterocycles. The van der Waals surface area contributed by atoms with Crippen molar-refractivity contribution in [3.63, 3.8) is 0 Å². The van der Waals surface area contributed by atoms with Crippen molar-refractivity contribution in [2.45, 2.75) is 0 Å². The van der Waals surface area contributed by atoms with E-state index in [-0.39, 0.29) is 11.6 Å². The number of anilines is 2. The molecular formula is C15H10N4O2. The summed E-state index contributed by atoms with van der Waals surface area (Å²) in [7, 11) is 0. The molecule has 0 bridgehead atoms. The van der Waals surface area contributed by atoms with Gasteiger partial charge in [-0.3, -0.25) is 15.1 Å². The molecule has 4 aromatic rings. The molecule has 102 valence electrons. The van der Waals surface area contributed by atoms with Crippen LogP contribution in [-0.4, -0.2) is 15.0 Å². The zero-order valence-electron chi connectivity index (χ0n) is 10.8. The van der Waals surface area contributed by atoms with Gasteiger partial charge in [0.15, 0.2) is 5.58 Å². The van der Waals surface area contributed by atoms with Crippen molar-refractivity contribution >= 4 is 34.0 Å². The Balaban J connectivity index is 1.78. The summed E-state index contributed by atoms with van der Waals surface area (Å²) >= 11 is 0. The van der Waals surface area contributed by atoms with Crippen molar-refractivity contribution < 1.29 is 4.42 Å². The second kappa shape index (κ2) is 4.45. The van der Waals surface area contributed by atoms with E-state index in [0.29, 0.717) is 22.4 Å². The summed E-state index contributed by atoms with van der Waals surface area (Å²) < 4.78 is 5.54. The highest BCUT2D eigenvalue weighted by molar-refractivity contribution is 5.79. The van der Waals surface area contributed by atoms with Crippen molar-refractivity contribution in [2.75, 3.05) is 5.32 Å². The summed E-state index contributed by atoms with van der Waals surface area (Å²) in [6.07, 6.45) is 0. The molecule has 0 radical (unpaired) electrons. The molecule has 21 heavy (non-hydrogen) atoms. The molecule has 6 heteroatoms. The lowest BCUT2D eigenvalue weighted by molar-refractivity contribution is 0.621. The molecule has 0 fully saturated rings. The van der Waals surface area contributed by atoms with E-state index >= 15 is 0 Å². The van der Waals surface area contributed by atoms with Crippen LogP contribution in [0.2, 0.25) is 0 Å². The molecule has 4 rings (SSSR count). The largest absolute Gasteiger partial charge is 0.423 e. The monoisotopic (exact) mass is 278 g/mol. The minimum atomic E-state index is -0.209. The third-order valence-electron chi connectivity index (χ3n) is 3.13. The first-order valence-corrected chi connectivity index (χ1v) is 6.41. The lowest BCUT2D eigenvalue weighted by Crippen LogP contribution is -2.11. The van der Waals surface area contributed by atoms with Crippen molar-refractivity contribution in [1.82, 2.24) is 15.0 Å². The van der Waals surface area contributed by atoms with Gasteiger partial charge in [-0.25, -0.2) is 4.98 Å². The SMILES string of the molecule is O=c1[nH]c(Nc2nc3ccccc3o2)nc2ccccc12. The Hall–Kier alpha value is -3.15. The van der Waals surface area contributed by atoms with E-state index in [2.05, 4.69) is 20.3 Å². The van der Waals surface area contributed by atoms with E-state index in [4.69, 9.17) is 4.42 Å². The lowest BCUT2D eigenvalue weighted by atomic mass is 10.2. The maximum absolute atomic E-state index is 12.0. The number of hydrogen-bond acceptors (Lipinski definition) is 5. The number of para-hydroxylation sites is 3. The van der Waals surface area contributed by atoms with Crippen LogP contribution in [-0.2, 0) is 0 Å². The van der Waals surface area contributed by atoms with Crippen LogP contribution in [0.3, 0.4) is 0 Å². The number of nitrogens with zero attached hydrogens (tertiary/aromatic N) is 2. The molecule has 2 aromatic carbocycles. The molecule has 0 aliphatic heterocycles. The molecule has 0 spiro atoms. The summed E-state index contributed by atoms with van der Waals surface area (Å²) in [6.45, 7) is 0. The van der Waals surface area contributed by atoms with E-state index in [0.717, 1.165) is 5.52 Å². The van der Waals surface area contributed by atoms with Crippen LogP contribution in [0.25, 0.3) is 22.0 Å². The molecule has 0 saturated heterocycles. The molecular weight excluding hydrogens is 268 g/mol. The van der Waals surface area contributed by atoms with Crippen LogP contribution in [0.5, 0.6) is 0 Å². The lowest BCUT2D eigenvalue weighted by Gasteiger charge is -2.02. The maximum atomic E-state index is 12.0. The van der Waals surface area contributed by atoms with Gasteiger partial charge in [0.2, 0.25) is 5.95 Å². The minimum Gasteiger partial charge on any atom is -0.423 e. The van der Waals surface area contributed by atoms with Crippen LogP contribution in [0.4, 0.5) is 12.0 Å². The highest BCUT2D eigenvalue weighted by Crippen LogP contribution is 2.20. The molecule has 6 nitrogen and oxygen atoms in total. The van der Waals surface area contributed by atoms with E-state index in [9.17, 15) is 4.79 Å². The molecule has 2 aromatic heterocycles. The van der Waals surface area contributed by atoms with Crippen LogP contribution in [0, 0.1) is 0 Å². The summed E-state index contributed by atoms with van der Waals surface area (Å²) in [5.74, 6) is 0.297. The van der Waals surface area contributed by atoms with Gasteiger partial charge in [-0.2, -0.15) is 4.98 Å². The number of nitrogens with one attached hydrogen (secondary N) is 2. The number of benzene rings is 2. The number of hydrogen-bond donors (Lipinski definition) is 2. The predicted octanol–water partition coefficient (Wildman–Crippen LogP) is 2.81. The first-order chi connectivity index (χ1) is 10.3. The summed E-state index contributed by atoms with van der Waals surface area (Å²) in [5, 5.41) is 3.42. The Morgan fingerprint density at radius 1 is 0.952 bits per heavy atom. The average molecular weight is 278 g/mol. The van der Waals surface area contributed by atoms with E-state index in [1.807, 2.05) is 30.3 Å². The second-order valence-corrected chi connectivity index (χ2v) is 4.54. The standard InChI is InChI=1S/C15H10N4O2/c20-13-9-5-1-2-6-10(9)16-14(18-13)19-15-17-11-7-3-4-8-12(11)21-15/h1-8H,(H2,16,17,18,19,20). The Morgan fingerprint density at radius 3 is 2.57 bits per heavy atom. The van der Waals surface area contributed by atoms with Gasteiger partial charge < -0.3 is 4.42 Å². The summed E-state index contributed by atoms with van der Waals surface area (Å²) in [6, 6.07) is 14.8. The fraction of sp³-hybridized carbons (Fsp3) is 0. The fourth-order valence-electron chi connectivity index (χ4n) is 2.17. The highest BCUT2D eigenvalue weighted by atomic mass is 16.4. The predicted molar refractivity (Wildman–Crippen MR) is 79.7 cm³/mol. The molecule has 0 saturated carbocycles. The van der Waals surface area contributed by atoms with Crippen molar-refractivity contribution in [1.29, 1.82) is 0 Å². The normalized spacial score (nSPS) is 11.0. The molecule has 0 aliphatic rings. The van der Waals surface area contributed by atoms with Crippen LogP contribution in [0.15, 0.2) is 57.7 Å². The summed E-state index contributed by atoms with van der Waals surface area (Å²) in [4.78, 5) is 23.3. The van der Waals surface area contributed by atoms with E-state index < -0.39 is 0 Å². The van der Waals surface area contributed by atoms with Crippen molar-refractivity contribution in [3.8, 4) is 0 Å². The zero-order valence-corrected chi connectivity index (χ0v) is 10.8.